The van der Waals surface area contributed by atoms with Crippen molar-refractivity contribution < 1.29 is 9.90 Å². The van der Waals surface area contributed by atoms with Gasteiger partial charge in [-0.15, -0.1) is 0 Å². The van der Waals surface area contributed by atoms with E-state index in [4.69, 9.17) is 4.98 Å². The molecule has 0 radical (unpaired) electrons. The van der Waals surface area contributed by atoms with Crippen LogP contribution in [0.1, 0.15) is 60.6 Å². The molecule has 0 bridgehead atoms. The monoisotopic (exact) mass is 599 g/mol. The number of fused-ring (bicyclic) bond motifs is 1. The number of hydrogen-bond acceptors (Lipinski definition) is 8. The number of carbonyl (C=O) groups is 1. The summed E-state index contributed by atoms with van der Waals surface area (Å²) in [5, 5.41) is 21.4. The van der Waals surface area contributed by atoms with Crippen molar-refractivity contribution in [3.05, 3.63) is 54.0 Å². The van der Waals surface area contributed by atoms with E-state index in [0.717, 1.165) is 87.0 Å². The summed E-state index contributed by atoms with van der Waals surface area (Å²) in [6, 6.07) is 10.8. The molecule has 4 aromatic rings. The van der Waals surface area contributed by atoms with Gasteiger partial charge >= 0.3 is 0 Å². The highest BCUT2D eigenvalue weighted by Gasteiger charge is 2.27. The molecule has 44 heavy (non-hydrogen) atoms. The number of nitrogens with zero attached hydrogens (tertiary/aromatic N) is 7. The molecule has 6 rings (SSSR count). The van der Waals surface area contributed by atoms with Crippen molar-refractivity contribution in [1.82, 2.24) is 34.5 Å². The van der Waals surface area contributed by atoms with Crippen LogP contribution in [0.4, 0.5) is 11.6 Å². The smallest absolute Gasteiger partial charge is 0.258 e. The number of nitrogens with one attached hydrogen (secondary N) is 2. The minimum absolute atomic E-state index is 0.144. The molecule has 4 heterocycles. The third-order valence-corrected chi connectivity index (χ3v) is 9.00. The van der Waals surface area contributed by atoms with Crippen LogP contribution in [0.25, 0.3) is 22.3 Å². The van der Waals surface area contributed by atoms with E-state index >= 15 is 0 Å². The van der Waals surface area contributed by atoms with Gasteiger partial charge in [-0.1, -0.05) is 0 Å². The topological polar surface area (TPSA) is 116 Å². The molecule has 0 atom stereocenters. The summed E-state index contributed by atoms with van der Waals surface area (Å²) in [5.74, 6) is 0.321. The van der Waals surface area contributed by atoms with E-state index in [2.05, 4.69) is 67.4 Å². The highest BCUT2D eigenvalue weighted by Crippen LogP contribution is 2.36. The van der Waals surface area contributed by atoms with Gasteiger partial charge in [-0.05, 0) is 89.9 Å². The van der Waals surface area contributed by atoms with Crippen LogP contribution in [0.15, 0.2) is 42.7 Å². The van der Waals surface area contributed by atoms with Crippen LogP contribution in [-0.2, 0) is 7.05 Å². The number of hydrogen-bond donors (Lipinski definition) is 3. The van der Waals surface area contributed by atoms with Crippen LogP contribution < -0.4 is 15.5 Å². The van der Waals surface area contributed by atoms with Gasteiger partial charge < -0.3 is 24.8 Å². The molecule has 2 fully saturated rings. The molecular formula is C33H45N9O2. The number of aryl methyl sites for hydroxylation is 2. The van der Waals surface area contributed by atoms with Gasteiger partial charge in [-0.25, -0.2) is 4.98 Å². The second-order valence-electron chi connectivity index (χ2n) is 12.7. The molecule has 1 aliphatic carbocycles. The van der Waals surface area contributed by atoms with Gasteiger partial charge in [0.2, 0.25) is 5.95 Å². The molecule has 1 amide bonds. The number of carbonyl (C=O) groups excluding carboxylic acids is 1. The maximum atomic E-state index is 13.7. The number of piperidine rings is 1. The van der Waals surface area contributed by atoms with E-state index in [1.807, 2.05) is 20.2 Å². The summed E-state index contributed by atoms with van der Waals surface area (Å²) >= 11 is 0. The van der Waals surface area contributed by atoms with Crippen LogP contribution in [-0.4, -0.2) is 92.6 Å². The Kier molecular flexibility index (Phi) is 8.97. The Morgan fingerprint density at radius 3 is 2.52 bits per heavy atom. The number of imidazole rings is 1. The molecule has 3 aromatic heterocycles. The predicted octanol–water partition coefficient (Wildman–Crippen LogP) is 3.99. The second-order valence-corrected chi connectivity index (χ2v) is 12.7. The number of aromatic nitrogens is 5. The van der Waals surface area contributed by atoms with Crippen molar-refractivity contribution in [3.63, 3.8) is 0 Å². The lowest BCUT2D eigenvalue weighted by atomic mass is 9.93. The molecule has 2 aliphatic rings. The van der Waals surface area contributed by atoms with Gasteiger partial charge in [0.1, 0.15) is 0 Å². The molecule has 234 valence electrons. The van der Waals surface area contributed by atoms with Crippen LogP contribution in [0, 0.1) is 6.92 Å². The molecule has 0 spiro atoms. The molecule has 0 unspecified atom stereocenters. The first-order valence-corrected chi connectivity index (χ1v) is 15.9. The summed E-state index contributed by atoms with van der Waals surface area (Å²) in [5.41, 5.74) is 5.91. The van der Waals surface area contributed by atoms with Crippen molar-refractivity contribution in [2.24, 2.45) is 7.05 Å². The van der Waals surface area contributed by atoms with Crippen LogP contribution in [0.3, 0.4) is 0 Å². The largest absolute Gasteiger partial charge is 0.393 e. The van der Waals surface area contributed by atoms with Gasteiger partial charge in [-0.3, -0.25) is 19.8 Å². The maximum absolute atomic E-state index is 13.7. The Bertz CT molecular complexity index is 1590. The van der Waals surface area contributed by atoms with Gasteiger partial charge in [0.05, 0.1) is 29.0 Å². The fraction of sp³-hybridized carbons (Fsp3) is 0.515. The number of likely N-dealkylation sites (N-methyl/N-ethyl adjacent to an activating group) is 1. The Morgan fingerprint density at radius 1 is 1.05 bits per heavy atom. The van der Waals surface area contributed by atoms with E-state index in [9.17, 15) is 9.90 Å². The van der Waals surface area contributed by atoms with Crippen LogP contribution in [0.5, 0.6) is 0 Å². The van der Waals surface area contributed by atoms with E-state index in [1.54, 1.807) is 23.0 Å². The van der Waals surface area contributed by atoms with E-state index < -0.39 is 0 Å². The lowest BCUT2D eigenvalue weighted by molar-refractivity contribution is 0.102. The highest BCUT2D eigenvalue weighted by atomic mass is 16.3. The minimum Gasteiger partial charge on any atom is -0.393 e. The number of amides is 1. The molecule has 11 nitrogen and oxygen atoms in total. The Morgan fingerprint density at radius 2 is 1.82 bits per heavy atom. The van der Waals surface area contributed by atoms with Crippen LogP contribution in [0.2, 0.25) is 0 Å². The second kappa shape index (κ2) is 13.1. The summed E-state index contributed by atoms with van der Waals surface area (Å²) < 4.78 is 3.93. The standard InChI is InChI=1S/C33H45N9O2/c1-22-17-23(18-30(36-22)24-20-35-40(4)21-24)32(44)38-33-37-29-10-7-27(19-31(29)42(33)26-5-8-28(43)9-6-26)41-14-11-25(12-15-41)34-13-16-39(2)3/h7,10,17-21,25-26,28,34,43H,5-6,8-9,11-16H2,1-4H3,(H,37,38,44). The number of aliphatic hydroxyl groups is 1. The molecular weight excluding hydrogens is 554 g/mol. The molecule has 11 heteroatoms. The fourth-order valence-electron chi connectivity index (χ4n) is 6.56. The third kappa shape index (κ3) is 6.80. The average molecular weight is 600 g/mol. The molecule has 1 saturated carbocycles. The van der Waals surface area contributed by atoms with Gasteiger partial charge in [-0.2, -0.15) is 5.10 Å². The zero-order valence-corrected chi connectivity index (χ0v) is 26.3. The number of pyridine rings is 1. The quantitative estimate of drug-likeness (QED) is 0.265. The predicted molar refractivity (Wildman–Crippen MR) is 174 cm³/mol. The molecule has 1 saturated heterocycles. The number of anilines is 2. The summed E-state index contributed by atoms with van der Waals surface area (Å²) in [6.07, 6.45) is 8.75. The van der Waals surface area contributed by atoms with Gasteiger partial charge in [0, 0.05) is 74.0 Å². The highest BCUT2D eigenvalue weighted by molar-refractivity contribution is 6.05. The minimum atomic E-state index is -0.270. The van der Waals surface area contributed by atoms with E-state index in [0.29, 0.717) is 23.2 Å². The summed E-state index contributed by atoms with van der Waals surface area (Å²) in [4.78, 5) is 27.9. The molecule has 1 aromatic carbocycles. The van der Waals surface area contributed by atoms with Crippen molar-refractivity contribution in [2.75, 3.05) is 50.5 Å². The summed E-state index contributed by atoms with van der Waals surface area (Å²) in [6.45, 7) is 5.95. The third-order valence-electron chi connectivity index (χ3n) is 9.00. The maximum Gasteiger partial charge on any atom is 0.258 e. The Hall–Kier alpha value is -3.80. The first-order valence-electron chi connectivity index (χ1n) is 15.9. The number of benzene rings is 1. The SMILES string of the molecule is Cc1cc(C(=O)Nc2nc3ccc(N4CCC(NCCN(C)C)CC4)cc3n2C2CCC(O)CC2)cc(-c2cnn(C)c2)n1. The molecule has 3 N–H and O–H groups in total. The van der Waals surface area contributed by atoms with Crippen molar-refractivity contribution in [3.8, 4) is 11.3 Å². The number of rotatable bonds is 9. The number of aliphatic hydroxyl groups excluding tert-OH is 1. The zero-order chi connectivity index (χ0) is 30.8. The van der Waals surface area contributed by atoms with Gasteiger partial charge in [0.25, 0.3) is 5.91 Å². The zero-order valence-electron chi connectivity index (χ0n) is 26.3. The normalized spacial score (nSPS) is 19.6. The summed E-state index contributed by atoms with van der Waals surface area (Å²) in [7, 11) is 6.08. The Labute approximate surface area is 259 Å². The molecule has 1 aliphatic heterocycles. The Balaban J connectivity index is 1.26. The van der Waals surface area contributed by atoms with Crippen molar-refractivity contribution in [2.45, 2.75) is 63.6 Å². The van der Waals surface area contributed by atoms with E-state index in [1.165, 1.54) is 5.69 Å². The fourth-order valence-corrected chi connectivity index (χ4v) is 6.56. The van der Waals surface area contributed by atoms with E-state index in [-0.39, 0.29) is 18.1 Å². The van der Waals surface area contributed by atoms with Crippen molar-refractivity contribution >= 4 is 28.6 Å². The van der Waals surface area contributed by atoms with Crippen LogP contribution >= 0.6 is 0 Å². The van der Waals surface area contributed by atoms with Crippen molar-refractivity contribution in [1.29, 1.82) is 0 Å². The van der Waals surface area contributed by atoms with Gasteiger partial charge in [0.15, 0.2) is 0 Å². The first kappa shape index (κ1) is 30.2. The lowest BCUT2D eigenvalue weighted by Crippen LogP contribution is -2.44. The lowest BCUT2D eigenvalue weighted by Gasteiger charge is -2.34. The first-order chi connectivity index (χ1) is 21.2. The average Bonchev–Trinajstić information content (AvgIpc) is 3.60.